The average Bonchev–Trinajstić information content (AvgIpc) is 2.61. The van der Waals surface area contributed by atoms with E-state index in [-0.39, 0.29) is 11.8 Å². The van der Waals surface area contributed by atoms with Gasteiger partial charge in [0.2, 0.25) is 5.91 Å². The topological polar surface area (TPSA) is 76.7 Å². The summed E-state index contributed by atoms with van der Waals surface area (Å²) in [5, 5.41) is 5.53. The number of benzene rings is 2. The van der Waals surface area contributed by atoms with E-state index in [2.05, 4.69) is 10.6 Å². The molecule has 2 aromatic carbocycles. The zero-order chi connectivity index (χ0) is 17.1. The standard InChI is InChI=1S/C18H18N2O4/c1-23-12-7-8-16(24-2)14(10-12)19-18(22)15-9-11-5-3-4-6-13(11)17(21)20-15/h3-8,10,15H,9H2,1-2H3,(H,19,22)(H,20,21). The zero-order valence-electron chi connectivity index (χ0n) is 13.5. The predicted molar refractivity (Wildman–Crippen MR) is 89.6 cm³/mol. The molecule has 6 nitrogen and oxygen atoms in total. The Morgan fingerprint density at radius 3 is 2.71 bits per heavy atom. The van der Waals surface area contributed by atoms with E-state index in [1.807, 2.05) is 12.1 Å². The Balaban J connectivity index is 1.80. The highest BCUT2D eigenvalue weighted by Gasteiger charge is 2.29. The fourth-order valence-electron chi connectivity index (χ4n) is 2.72. The van der Waals surface area contributed by atoms with Crippen LogP contribution >= 0.6 is 0 Å². The summed E-state index contributed by atoms with van der Waals surface area (Å²) in [5.74, 6) is 0.579. The highest BCUT2D eigenvalue weighted by atomic mass is 16.5. The van der Waals surface area contributed by atoms with Gasteiger partial charge in [-0.25, -0.2) is 0 Å². The highest BCUT2D eigenvalue weighted by Crippen LogP contribution is 2.29. The molecular weight excluding hydrogens is 308 g/mol. The number of amides is 2. The summed E-state index contributed by atoms with van der Waals surface area (Å²) in [6.45, 7) is 0. The minimum atomic E-state index is -0.636. The summed E-state index contributed by atoms with van der Waals surface area (Å²) in [7, 11) is 3.07. The summed E-state index contributed by atoms with van der Waals surface area (Å²) in [5.41, 5.74) is 1.97. The van der Waals surface area contributed by atoms with Crippen LogP contribution in [0.4, 0.5) is 5.69 Å². The number of ether oxygens (including phenoxy) is 2. The normalized spacial score (nSPS) is 15.9. The Labute approximate surface area is 139 Å². The first-order valence-electron chi connectivity index (χ1n) is 7.54. The Morgan fingerprint density at radius 1 is 1.17 bits per heavy atom. The van der Waals surface area contributed by atoms with Gasteiger partial charge in [-0.05, 0) is 23.8 Å². The molecule has 0 radical (unpaired) electrons. The van der Waals surface area contributed by atoms with E-state index in [0.717, 1.165) is 5.56 Å². The molecule has 2 amide bonds. The number of methoxy groups -OCH3 is 2. The van der Waals surface area contributed by atoms with Crippen molar-refractivity contribution in [2.24, 2.45) is 0 Å². The van der Waals surface area contributed by atoms with E-state index in [4.69, 9.17) is 9.47 Å². The molecule has 0 spiro atoms. The number of rotatable bonds is 4. The maximum Gasteiger partial charge on any atom is 0.252 e. The zero-order valence-corrected chi connectivity index (χ0v) is 13.5. The smallest absolute Gasteiger partial charge is 0.252 e. The molecule has 0 aromatic heterocycles. The summed E-state index contributed by atoms with van der Waals surface area (Å²) < 4.78 is 10.4. The Bertz CT molecular complexity index is 788. The SMILES string of the molecule is COc1ccc(OC)c(NC(=O)C2Cc3ccccc3C(=O)N2)c1. The van der Waals surface area contributed by atoms with Crippen molar-refractivity contribution in [2.45, 2.75) is 12.5 Å². The van der Waals surface area contributed by atoms with Gasteiger partial charge in [0.05, 0.1) is 19.9 Å². The number of carbonyl (C=O) groups is 2. The van der Waals surface area contributed by atoms with Crippen molar-refractivity contribution in [3.8, 4) is 11.5 Å². The number of nitrogens with one attached hydrogen (secondary N) is 2. The summed E-state index contributed by atoms with van der Waals surface area (Å²) in [6, 6.07) is 11.8. The van der Waals surface area contributed by atoms with Gasteiger partial charge in [-0.3, -0.25) is 9.59 Å². The van der Waals surface area contributed by atoms with Crippen molar-refractivity contribution in [1.29, 1.82) is 0 Å². The molecular formula is C18H18N2O4. The van der Waals surface area contributed by atoms with E-state index in [0.29, 0.717) is 29.2 Å². The molecule has 0 aliphatic carbocycles. The van der Waals surface area contributed by atoms with E-state index in [1.54, 1.807) is 37.4 Å². The fraction of sp³-hybridized carbons (Fsp3) is 0.222. The Kier molecular flexibility index (Phi) is 4.37. The lowest BCUT2D eigenvalue weighted by Crippen LogP contribution is -2.48. The number of fused-ring (bicyclic) bond motifs is 1. The first-order chi connectivity index (χ1) is 11.6. The third-order valence-electron chi connectivity index (χ3n) is 3.97. The molecule has 0 bridgehead atoms. The van der Waals surface area contributed by atoms with Crippen molar-refractivity contribution in [1.82, 2.24) is 5.32 Å². The molecule has 6 heteroatoms. The van der Waals surface area contributed by atoms with Crippen molar-refractivity contribution < 1.29 is 19.1 Å². The predicted octanol–water partition coefficient (Wildman–Crippen LogP) is 2.00. The van der Waals surface area contributed by atoms with Gasteiger partial charge in [-0.1, -0.05) is 18.2 Å². The molecule has 1 aliphatic rings. The van der Waals surface area contributed by atoms with E-state index in [9.17, 15) is 9.59 Å². The van der Waals surface area contributed by atoms with Crippen LogP contribution in [0.3, 0.4) is 0 Å². The van der Waals surface area contributed by atoms with Crippen LogP contribution < -0.4 is 20.1 Å². The van der Waals surface area contributed by atoms with Gasteiger partial charge in [0, 0.05) is 18.1 Å². The monoisotopic (exact) mass is 326 g/mol. The maximum absolute atomic E-state index is 12.6. The molecule has 1 heterocycles. The van der Waals surface area contributed by atoms with E-state index in [1.165, 1.54) is 7.11 Å². The summed E-state index contributed by atoms with van der Waals surface area (Å²) in [6.07, 6.45) is 0.444. The number of carbonyl (C=O) groups excluding carboxylic acids is 2. The second-order valence-electron chi connectivity index (χ2n) is 5.44. The van der Waals surface area contributed by atoms with Gasteiger partial charge in [0.1, 0.15) is 17.5 Å². The Hall–Kier alpha value is -3.02. The molecule has 2 aromatic rings. The first kappa shape index (κ1) is 15.9. The molecule has 1 aliphatic heterocycles. The van der Waals surface area contributed by atoms with Crippen molar-refractivity contribution in [3.63, 3.8) is 0 Å². The van der Waals surface area contributed by atoms with Crippen LogP contribution in [0.15, 0.2) is 42.5 Å². The minimum Gasteiger partial charge on any atom is -0.497 e. The maximum atomic E-state index is 12.6. The van der Waals surface area contributed by atoms with Crippen molar-refractivity contribution >= 4 is 17.5 Å². The van der Waals surface area contributed by atoms with Gasteiger partial charge in [0.15, 0.2) is 0 Å². The Morgan fingerprint density at radius 2 is 1.96 bits per heavy atom. The molecule has 1 atom stereocenters. The second kappa shape index (κ2) is 6.62. The average molecular weight is 326 g/mol. The first-order valence-corrected chi connectivity index (χ1v) is 7.54. The van der Waals surface area contributed by atoms with Crippen LogP contribution in [0.2, 0.25) is 0 Å². The minimum absolute atomic E-state index is 0.241. The quantitative estimate of drug-likeness (QED) is 0.901. The lowest BCUT2D eigenvalue weighted by Gasteiger charge is -2.25. The molecule has 3 rings (SSSR count). The van der Waals surface area contributed by atoms with E-state index < -0.39 is 6.04 Å². The van der Waals surface area contributed by atoms with Crippen LogP contribution in [0.25, 0.3) is 0 Å². The van der Waals surface area contributed by atoms with Crippen LogP contribution in [-0.2, 0) is 11.2 Å². The van der Waals surface area contributed by atoms with Gasteiger partial charge >= 0.3 is 0 Å². The lowest BCUT2D eigenvalue weighted by atomic mass is 9.95. The molecule has 24 heavy (non-hydrogen) atoms. The largest absolute Gasteiger partial charge is 0.497 e. The molecule has 124 valence electrons. The van der Waals surface area contributed by atoms with Crippen molar-refractivity contribution in [3.05, 3.63) is 53.6 Å². The lowest BCUT2D eigenvalue weighted by molar-refractivity contribution is -0.118. The third-order valence-corrected chi connectivity index (χ3v) is 3.97. The fourth-order valence-corrected chi connectivity index (χ4v) is 2.72. The van der Waals surface area contributed by atoms with Crippen LogP contribution in [0.1, 0.15) is 15.9 Å². The molecule has 1 unspecified atom stereocenters. The summed E-state index contributed by atoms with van der Waals surface area (Å²) in [4.78, 5) is 24.7. The second-order valence-corrected chi connectivity index (χ2v) is 5.44. The molecule has 0 saturated carbocycles. The highest BCUT2D eigenvalue weighted by molar-refractivity contribution is 6.04. The van der Waals surface area contributed by atoms with Gasteiger partial charge in [0.25, 0.3) is 5.91 Å². The van der Waals surface area contributed by atoms with Crippen LogP contribution in [0.5, 0.6) is 11.5 Å². The number of anilines is 1. The van der Waals surface area contributed by atoms with Gasteiger partial charge in [-0.2, -0.15) is 0 Å². The number of hydrogen-bond acceptors (Lipinski definition) is 4. The van der Waals surface area contributed by atoms with Gasteiger partial charge < -0.3 is 20.1 Å². The van der Waals surface area contributed by atoms with Crippen LogP contribution in [0, 0.1) is 0 Å². The molecule has 2 N–H and O–H groups in total. The van der Waals surface area contributed by atoms with Crippen molar-refractivity contribution in [2.75, 3.05) is 19.5 Å². The molecule has 0 fully saturated rings. The van der Waals surface area contributed by atoms with Crippen LogP contribution in [-0.4, -0.2) is 32.1 Å². The summed E-state index contributed by atoms with van der Waals surface area (Å²) >= 11 is 0. The third kappa shape index (κ3) is 3.03. The van der Waals surface area contributed by atoms with E-state index >= 15 is 0 Å². The molecule has 0 saturated heterocycles. The van der Waals surface area contributed by atoms with Gasteiger partial charge in [-0.15, -0.1) is 0 Å². The number of hydrogen-bond donors (Lipinski definition) is 2.